The second kappa shape index (κ2) is 6.18. The average Bonchev–Trinajstić information content (AvgIpc) is 3.20. The zero-order valence-corrected chi connectivity index (χ0v) is 14.7. The number of anilines is 1. The predicted octanol–water partition coefficient (Wildman–Crippen LogP) is 4.12. The molecular weight excluding hydrogens is 334 g/mol. The van der Waals surface area contributed by atoms with Gasteiger partial charge < -0.3 is 15.5 Å². The predicted molar refractivity (Wildman–Crippen MR) is 101 cm³/mol. The average molecular weight is 351 g/mol. The van der Waals surface area contributed by atoms with Crippen molar-refractivity contribution in [2.24, 2.45) is 0 Å². The van der Waals surface area contributed by atoms with Crippen molar-refractivity contribution in [2.45, 2.75) is 20.0 Å². The first-order valence-corrected chi connectivity index (χ1v) is 8.72. The van der Waals surface area contributed by atoms with Crippen molar-refractivity contribution < 1.29 is 4.74 Å². The molecular formula is C18H17N5OS. The van der Waals surface area contributed by atoms with Crippen LogP contribution in [0.3, 0.4) is 0 Å². The van der Waals surface area contributed by atoms with Gasteiger partial charge in [0.2, 0.25) is 5.88 Å². The number of fused-ring (bicyclic) bond motifs is 1. The molecule has 0 spiro atoms. The molecule has 3 N–H and O–H groups in total. The van der Waals surface area contributed by atoms with Crippen LogP contribution in [-0.4, -0.2) is 25.4 Å². The fraction of sp³-hybridized carbons (Fsp3) is 0.167. The van der Waals surface area contributed by atoms with Gasteiger partial charge in [0.05, 0.1) is 11.8 Å². The number of rotatable bonds is 4. The van der Waals surface area contributed by atoms with Gasteiger partial charge in [0.1, 0.15) is 0 Å². The Morgan fingerprint density at radius 3 is 2.80 bits per heavy atom. The van der Waals surface area contributed by atoms with Gasteiger partial charge in [-0.1, -0.05) is 6.07 Å². The van der Waals surface area contributed by atoms with Crippen molar-refractivity contribution in [1.29, 1.82) is 0 Å². The van der Waals surface area contributed by atoms with E-state index in [9.17, 15) is 0 Å². The number of hydrogen-bond acceptors (Lipinski definition) is 6. The molecule has 0 saturated heterocycles. The van der Waals surface area contributed by atoms with Crippen molar-refractivity contribution in [3.63, 3.8) is 0 Å². The molecule has 0 saturated carbocycles. The SMILES string of the molecule is CC(C)Oc1cccc(-c2c[nH]c3ccc(-c4nsc(N)n4)cc23)n1. The molecule has 0 amide bonds. The monoisotopic (exact) mass is 351 g/mol. The van der Waals surface area contributed by atoms with E-state index in [0.717, 1.165) is 27.7 Å². The van der Waals surface area contributed by atoms with Gasteiger partial charge in [-0.2, -0.15) is 9.36 Å². The van der Waals surface area contributed by atoms with E-state index in [4.69, 9.17) is 10.5 Å². The summed E-state index contributed by atoms with van der Waals surface area (Å²) in [6.45, 7) is 3.97. The van der Waals surface area contributed by atoms with Crippen LogP contribution in [0.2, 0.25) is 0 Å². The van der Waals surface area contributed by atoms with Gasteiger partial charge >= 0.3 is 0 Å². The molecule has 6 nitrogen and oxygen atoms in total. The van der Waals surface area contributed by atoms with Gasteiger partial charge in [0.25, 0.3) is 0 Å². The molecule has 0 aliphatic carbocycles. The van der Waals surface area contributed by atoms with Crippen LogP contribution in [0.4, 0.5) is 5.13 Å². The zero-order valence-electron chi connectivity index (χ0n) is 13.9. The quantitative estimate of drug-likeness (QED) is 0.577. The molecule has 3 aromatic heterocycles. The molecule has 0 aliphatic rings. The standard InChI is InChI=1S/C18H17N5OS/c1-10(2)24-16-5-3-4-15(21-16)13-9-20-14-7-6-11(8-12(13)14)17-22-18(19)25-23-17/h3-10,20H,1-2H3,(H2,19,22,23). The lowest BCUT2D eigenvalue weighted by Gasteiger charge is -2.09. The van der Waals surface area contributed by atoms with E-state index in [0.29, 0.717) is 16.8 Å². The van der Waals surface area contributed by atoms with E-state index in [1.165, 1.54) is 11.5 Å². The number of H-pyrrole nitrogens is 1. The van der Waals surface area contributed by atoms with Crippen molar-refractivity contribution in [3.8, 4) is 28.5 Å². The smallest absolute Gasteiger partial charge is 0.214 e. The molecule has 0 atom stereocenters. The third kappa shape index (κ3) is 3.06. The molecule has 1 aromatic carbocycles. The molecule has 0 fully saturated rings. The number of nitrogens with one attached hydrogen (secondary N) is 1. The highest BCUT2D eigenvalue weighted by atomic mass is 32.1. The maximum Gasteiger partial charge on any atom is 0.214 e. The molecule has 0 unspecified atom stereocenters. The maximum absolute atomic E-state index is 5.71. The zero-order chi connectivity index (χ0) is 17.4. The Balaban J connectivity index is 1.80. The Hall–Kier alpha value is -2.93. The number of benzene rings is 1. The number of aromatic amines is 1. The van der Waals surface area contributed by atoms with Gasteiger partial charge in [-0.3, -0.25) is 0 Å². The normalized spacial score (nSPS) is 11.3. The topological polar surface area (TPSA) is 89.7 Å². The summed E-state index contributed by atoms with van der Waals surface area (Å²) in [5.41, 5.74) is 9.52. The van der Waals surface area contributed by atoms with Crippen LogP contribution in [-0.2, 0) is 0 Å². The Morgan fingerprint density at radius 2 is 2.04 bits per heavy atom. The van der Waals surface area contributed by atoms with E-state index in [-0.39, 0.29) is 6.10 Å². The van der Waals surface area contributed by atoms with Crippen molar-refractivity contribution in [2.75, 3.05) is 5.73 Å². The van der Waals surface area contributed by atoms with Gasteiger partial charge in [-0.25, -0.2) is 4.98 Å². The van der Waals surface area contributed by atoms with Gasteiger partial charge in [-0.05, 0) is 38.1 Å². The van der Waals surface area contributed by atoms with Crippen molar-refractivity contribution >= 4 is 27.6 Å². The van der Waals surface area contributed by atoms with E-state index in [1.807, 2.05) is 50.4 Å². The van der Waals surface area contributed by atoms with Crippen LogP contribution in [0.5, 0.6) is 5.88 Å². The van der Waals surface area contributed by atoms with Gasteiger partial charge in [0.15, 0.2) is 11.0 Å². The summed E-state index contributed by atoms with van der Waals surface area (Å²) in [6, 6.07) is 11.8. The molecule has 4 aromatic rings. The summed E-state index contributed by atoms with van der Waals surface area (Å²) >= 11 is 1.19. The van der Waals surface area contributed by atoms with E-state index >= 15 is 0 Å². The van der Waals surface area contributed by atoms with Crippen molar-refractivity contribution in [3.05, 3.63) is 42.6 Å². The molecule has 0 aliphatic heterocycles. The lowest BCUT2D eigenvalue weighted by molar-refractivity contribution is 0.233. The first-order valence-electron chi connectivity index (χ1n) is 7.95. The fourth-order valence-electron chi connectivity index (χ4n) is 2.70. The second-order valence-electron chi connectivity index (χ2n) is 5.95. The van der Waals surface area contributed by atoms with Crippen LogP contribution in [0.15, 0.2) is 42.6 Å². The Morgan fingerprint density at radius 1 is 1.16 bits per heavy atom. The minimum Gasteiger partial charge on any atom is -0.475 e. The first-order chi connectivity index (χ1) is 12.1. The highest BCUT2D eigenvalue weighted by Gasteiger charge is 2.12. The maximum atomic E-state index is 5.71. The number of aromatic nitrogens is 4. The third-order valence-corrected chi connectivity index (χ3v) is 4.28. The Kier molecular flexibility index (Phi) is 3.85. The molecule has 4 rings (SSSR count). The van der Waals surface area contributed by atoms with Crippen LogP contribution >= 0.6 is 11.5 Å². The number of ether oxygens (including phenoxy) is 1. The number of pyridine rings is 1. The van der Waals surface area contributed by atoms with Crippen LogP contribution in [0.1, 0.15) is 13.8 Å². The minimum absolute atomic E-state index is 0.0820. The van der Waals surface area contributed by atoms with E-state index in [1.54, 1.807) is 0 Å². The molecule has 0 radical (unpaired) electrons. The van der Waals surface area contributed by atoms with Crippen LogP contribution < -0.4 is 10.5 Å². The summed E-state index contributed by atoms with van der Waals surface area (Å²) in [5, 5.41) is 1.52. The number of nitrogens with zero attached hydrogens (tertiary/aromatic N) is 3. The largest absolute Gasteiger partial charge is 0.475 e. The summed E-state index contributed by atoms with van der Waals surface area (Å²) in [5.74, 6) is 1.26. The summed E-state index contributed by atoms with van der Waals surface area (Å²) < 4.78 is 9.99. The second-order valence-corrected chi connectivity index (χ2v) is 6.73. The van der Waals surface area contributed by atoms with Crippen molar-refractivity contribution in [1.82, 2.24) is 19.3 Å². The van der Waals surface area contributed by atoms with Gasteiger partial charge in [-0.15, -0.1) is 0 Å². The summed E-state index contributed by atoms with van der Waals surface area (Å²) in [4.78, 5) is 12.2. The summed E-state index contributed by atoms with van der Waals surface area (Å²) in [7, 11) is 0. The number of hydrogen-bond donors (Lipinski definition) is 2. The van der Waals surface area contributed by atoms with Gasteiger partial charge in [0, 0.05) is 45.8 Å². The third-order valence-electron chi connectivity index (χ3n) is 3.74. The minimum atomic E-state index is 0.0820. The van der Waals surface area contributed by atoms with Crippen LogP contribution in [0, 0.1) is 0 Å². The molecule has 126 valence electrons. The molecule has 7 heteroatoms. The fourth-order valence-corrected chi connectivity index (χ4v) is 3.15. The highest BCUT2D eigenvalue weighted by molar-refractivity contribution is 7.09. The van der Waals surface area contributed by atoms with E-state index in [2.05, 4.69) is 25.4 Å². The first kappa shape index (κ1) is 15.6. The molecule has 0 bridgehead atoms. The Labute approximate surface area is 148 Å². The number of nitrogens with two attached hydrogens (primary N) is 1. The Bertz CT molecular complexity index is 1040. The molecule has 3 heterocycles. The summed E-state index contributed by atoms with van der Waals surface area (Å²) in [6.07, 6.45) is 2.04. The highest BCUT2D eigenvalue weighted by Crippen LogP contribution is 2.31. The van der Waals surface area contributed by atoms with Crippen LogP contribution in [0.25, 0.3) is 33.5 Å². The lowest BCUT2D eigenvalue weighted by atomic mass is 10.1. The molecule has 25 heavy (non-hydrogen) atoms. The lowest BCUT2D eigenvalue weighted by Crippen LogP contribution is -2.06. The van der Waals surface area contributed by atoms with E-state index < -0.39 is 0 Å². The number of nitrogen functional groups attached to an aromatic ring is 1.